The van der Waals surface area contributed by atoms with Gasteiger partial charge < -0.3 is 9.47 Å². The summed E-state index contributed by atoms with van der Waals surface area (Å²) in [7, 11) is 0. The zero-order valence-electron chi connectivity index (χ0n) is 17.8. The molecule has 164 valence electrons. The Bertz CT molecular complexity index is 1050. The maximum absolute atomic E-state index is 13.5. The van der Waals surface area contributed by atoms with Gasteiger partial charge in [0.1, 0.15) is 5.75 Å². The van der Waals surface area contributed by atoms with Crippen LogP contribution in [0.4, 0.5) is 5.13 Å². The summed E-state index contributed by atoms with van der Waals surface area (Å²) in [6, 6.07) is 11.1. The van der Waals surface area contributed by atoms with Crippen LogP contribution in [-0.2, 0) is 4.74 Å². The van der Waals surface area contributed by atoms with E-state index in [1.54, 1.807) is 4.90 Å². The van der Waals surface area contributed by atoms with Crippen LogP contribution in [0.2, 0.25) is 5.02 Å². The van der Waals surface area contributed by atoms with Crippen LogP contribution in [0.1, 0.15) is 22.8 Å². The first-order valence-electron chi connectivity index (χ1n) is 10.5. The molecule has 1 amide bonds. The van der Waals surface area contributed by atoms with E-state index in [0.29, 0.717) is 28.9 Å². The van der Waals surface area contributed by atoms with Crippen LogP contribution in [-0.4, -0.2) is 61.8 Å². The first kappa shape index (κ1) is 22.0. The lowest BCUT2D eigenvalue weighted by Crippen LogP contribution is -2.43. The van der Waals surface area contributed by atoms with Crippen LogP contribution >= 0.6 is 22.9 Å². The molecule has 1 aliphatic heterocycles. The summed E-state index contributed by atoms with van der Waals surface area (Å²) < 4.78 is 11.9. The number of aromatic nitrogens is 1. The van der Waals surface area contributed by atoms with E-state index in [-0.39, 0.29) is 5.91 Å². The second kappa shape index (κ2) is 9.96. The quantitative estimate of drug-likeness (QED) is 0.515. The van der Waals surface area contributed by atoms with Crippen molar-refractivity contribution in [1.29, 1.82) is 0 Å². The lowest BCUT2D eigenvalue weighted by molar-refractivity contribution is 0.0391. The van der Waals surface area contributed by atoms with Gasteiger partial charge in [-0.25, -0.2) is 4.98 Å². The van der Waals surface area contributed by atoms with Crippen molar-refractivity contribution in [1.82, 2.24) is 9.88 Å². The average molecular weight is 460 g/mol. The normalized spacial score (nSPS) is 14.7. The highest BCUT2D eigenvalue weighted by Crippen LogP contribution is 2.33. The van der Waals surface area contributed by atoms with E-state index in [4.69, 9.17) is 26.1 Å². The van der Waals surface area contributed by atoms with Gasteiger partial charge in [-0.05, 0) is 55.8 Å². The van der Waals surface area contributed by atoms with Crippen molar-refractivity contribution in [2.45, 2.75) is 13.8 Å². The Morgan fingerprint density at radius 3 is 2.71 bits per heavy atom. The van der Waals surface area contributed by atoms with Crippen molar-refractivity contribution >= 4 is 44.2 Å². The third kappa shape index (κ3) is 5.18. The number of carbonyl (C=O) groups is 1. The number of amides is 1. The lowest BCUT2D eigenvalue weighted by atomic mass is 10.2. The van der Waals surface area contributed by atoms with E-state index in [1.165, 1.54) is 11.3 Å². The monoisotopic (exact) mass is 459 g/mol. The summed E-state index contributed by atoms with van der Waals surface area (Å²) in [4.78, 5) is 22.4. The number of nitrogens with zero attached hydrogens (tertiary/aromatic N) is 3. The number of fused-ring (bicyclic) bond motifs is 1. The minimum absolute atomic E-state index is 0.0703. The van der Waals surface area contributed by atoms with Crippen molar-refractivity contribution in [3.05, 3.63) is 52.5 Å². The topological polar surface area (TPSA) is 54.9 Å². The van der Waals surface area contributed by atoms with Gasteiger partial charge in [0.25, 0.3) is 5.91 Å². The summed E-state index contributed by atoms with van der Waals surface area (Å²) in [6.07, 6.45) is 0. The number of thiazole rings is 1. The molecule has 4 rings (SSSR count). The van der Waals surface area contributed by atoms with E-state index in [0.717, 1.165) is 54.4 Å². The maximum atomic E-state index is 13.5. The third-order valence-corrected chi connectivity index (χ3v) is 6.51. The van der Waals surface area contributed by atoms with Crippen LogP contribution in [0.15, 0.2) is 36.4 Å². The molecule has 6 nitrogen and oxygen atoms in total. The number of anilines is 1. The number of aryl methyl sites for hydroxylation is 1. The first-order chi connectivity index (χ1) is 15.0. The molecule has 1 aromatic heterocycles. The fraction of sp³-hybridized carbons (Fsp3) is 0.391. The first-order valence-corrected chi connectivity index (χ1v) is 11.7. The van der Waals surface area contributed by atoms with E-state index >= 15 is 0 Å². The molecule has 31 heavy (non-hydrogen) atoms. The van der Waals surface area contributed by atoms with Crippen molar-refractivity contribution in [3.8, 4) is 5.75 Å². The minimum atomic E-state index is -0.0703. The number of hydrogen-bond donors (Lipinski definition) is 0. The van der Waals surface area contributed by atoms with Crippen LogP contribution in [0.25, 0.3) is 10.2 Å². The molecule has 0 N–H and O–H groups in total. The maximum Gasteiger partial charge on any atom is 0.260 e. The average Bonchev–Trinajstić information content (AvgIpc) is 3.19. The second-order valence-corrected chi connectivity index (χ2v) is 8.88. The number of rotatable bonds is 7. The van der Waals surface area contributed by atoms with Gasteiger partial charge in [-0.2, -0.15) is 0 Å². The number of ether oxygens (including phenoxy) is 2. The van der Waals surface area contributed by atoms with Gasteiger partial charge >= 0.3 is 0 Å². The molecule has 0 radical (unpaired) electrons. The smallest absolute Gasteiger partial charge is 0.260 e. The molecular weight excluding hydrogens is 434 g/mol. The van der Waals surface area contributed by atoms with Crippen LogP contribution < -0.4 is 9.64 Å². The second-order valence-electron chi connectivity index (χ2n) is 7.43. The minimum Gasteiger partial charge on any atom is -0.494 e. The Morgan fingerprint density at radius 2 is 2.00 bits per heavy atom. The molecule has 8 heteroatoms. The van der Waals surface area contributed by atoms with Gasteiger partial charge in [-0.1, -0.05) is 22.9 Å². The fourth-order valence-corrected chi connectivity index (χ4v) is 5.07. The molecule has 0 atom stereocenters. The largest absolute Gasteiger partial charge is 0.494 e. The van der Waals surface area contributed by atoms with Gasteiger partial charge in [0, 0.05) is 36.8 Å². The predicted molar refractivity (Wildman–Crippen MR) is 126 cm³/mol. The predicted octanol–water partition coefficient (Wildman–Crippen LogP) is 4.64. The van der Waals surface area contributed by atoms with Crippen LogP contribution in [0, 0.1) is 6.92 Å². The molecule has 0 bridgehead atoms. The molecule has 2 heterocycles. The molecule has 2 aromatic carbocycles. The van der Waals surface area contributed by atoms with Crippen molar-refractivity contribution in [2.24, 2.45) is 0 Å². The van der Waals surface area contributed by atoms with Gasteiger partial charge in [-0.3, -0.25) is 14.6 Å². The lowest BCUT2D eigenvalue weighted by Gasteiger charge is -2.29. The zero-order chi connectivity index (χ0) is 21.8. The van der Waals surface area contributed by atoms with Crippen molar-refractivity contribution in [2.75, 3.05) is 50.9 Å². The van der Waals surface area contributed by atoms with E-state index in [1.807, 2.05) is 50.2 Å². The highest BCUT2D eigenvalue weighted by Gasteiger charge is 2.23. The molecule has 0 spiro atoms. The fourth-order valence-electron chi connectivity index (χ4n) is 3.62. The standard InChI is InChI=1S/C23H26ClN3O3S/c1-3-30-19-6-4-17(5-7-19)22(28)27(9-8-26-10-12-29-13-11-26)23-25-21-16(2)14-18(24)15-20(21)31-23/h4-7,14-15H,3,8-13H2,1-2H3. The zero-order valence-corrected chi connectivity index (χ0v) is 19.3. The SMILES string of the molecule is CCOc1ccc(C(=O)N(CCN2CCOCC2)c2nc3c(C)cc(Cl)cc3s2)cc1. The Balaban J connectivity index is 1.63. The van der Waals surface area contributed by atoms with Gasteiger partial charge in [0.2, 0.25) is 0 Å². The Morgan fingerprint density at radius 1 is 1.26 bits per heavy atom. The third-order valence-electron chi connectivity index (χ3n) is 5.27. The van der Waals surface area contributed by atoms with Gasteiger partial charge in [-0.15, -0.1) is 0 Å². The Kier molecular flexibility index (Phi) is 7.07. The number of hydrogen-bond acceptors (Lipinski definition) is 6. The number of benzene rings is 2. The van der Waals surface area contributed by atoms with Crippen LogP contribution in [0.5, 0.6) is 5.75 Å². The number of morpholine rings is 1. The Labute approximate surface area is 191 Å². The molecular formula is C23H26ClN3O3S. The number of halogens is 1. The van der Waals surface area contributed by atoms with Crippen molar-refractivity contribution in [3.63, 3.8) is 0 Å². The molecule has 0 aliphatic carbocycles. The number of carbonyl (C=O) groups excluding carboxylic acids is 1. The van der Waals surface area contributed by atoms with E-state index in [2.05, 4.69) is 4.90 Å². The molecule has 1 saturated heterocycles. The van der Waals surface area contributed by atoms with E-state index in [9.17, 15) is 4.79 Å². The molecule has 0 unspecified atom stereocenters. The molecule has 1 aliphatic rings. The summed E-state index contributed by atoms with van der Waals surface area (Å²) in [5.41, 5.74) is 2.51. The highest BCUT2D eigenvalue weighted by atomic mass is 35.5. The van der Waals surface area contributed by atoms with Gasteiger partial charge in [0.15, 0.2) is 5.13 Å². The van der Waals surface area contributed by atoms with Crippen molar-refractivity contribution < 1.29 is 14.3 Å². The van der Waals surface area contributed by atoms with Gasteiger partial charge in [0.05, 0.1) is 30.0 Å². The molecule has 1 fully saturated rings. The highest BCUT2D eigenvalue weighted by molar-refractivity contribution is 7.22. The van der Waals surface area contributed by atoms with E-state index < -0.39 is 0 Å². The van der Waals surface area contributed by atoms with Crippen LogP contribution in [0.3, 0.4) is 0 Å². The molecule has 0 saturated carbocycles. The summed E-state index contributed by atoms with van der Waals surface area (Å²) in [5, 5.41) is 1.37. The Hall–Kier alpha value is -2.19. The summed E-state index contributed by atoms with van der Waals surface area (Å²) >= 11 is 7.74. The molecule has 3 aromatic rings. The summed E-state index contributed by atoms with van der Waals surface area (Å²) in [6.45, 7) is 9.04. The summed E-state index contributed by atoms with van der Waals surface area (Å²) in [5.74, 6) is 0.684.